The molecule has 0 saturated carbocycles. The molecule has 1 aliphatic rings. The highest BCUT2D eigenvalue weighted by Gasteiger charge is 2.23. The van der Waals surface area contributed by atoms with Crippen LogP contribution in [-0.4, -0.2) is 39.5 Å². The van der Waals surface area contributed by atoms with Gasteiger partial charge in [0.05, 0.1) is 17.0 Å². The molecule has 0 unspecified atom stereocenters. The largest absolute Gasteiger partial charge is 0.376 e. The summed E-state index contributed by atoms with van der Waals surface area (Å²) >= 11 is 0. The zero-order chi connectivity index (χ0) is 16.2. The number of nitrogens with one attached hydrogen (secondary N) is 2. The Morgan fingerprint density at radius 2 is 2.05 bits per heavy atom. The van der Waals surface area contributed by atoms with Gasteiger partial charge in [-0.3, -0.25) is 0 Å². The Kier molecular flexibility index (Phi) is 5.42. The molecule has 1 aliphatic heterocycles. The molecule has 0 aliphatic carbocycles. The minimum absolute atomic E-state index is 0.0323. The molecular weight excluding hydrogens is 304 g/mol. The van der Waals surface area contributed by atoms with Gasteiger partial charge in [-0.15, -0.1) is 0 Å². The van der Waals surface area contributed by atoms with E-state index < -0.39 is 9.84 Å². The average Bonchev–Trinajstić information content (AvgIpc) is 2.99. The van der Waals surface area contributed by atoms with Crippen molar-refractivity contribution in [2.24, 2.45) is 0 Å². The second-order valence-electron chi connectivity index (χ2n) is 5.58. The van der Waals surface area contributed by atoms with Crippen LogP contribution in [0.1, 0.15) is 25.3 Å². The van der Waals surface area contributed by atoms with E-state index in [4.69, 9.17) is 4.74 Å². The van der Waals surface area contributed by atoms with E-state index >= 15 is 0 Å². The number of carbonyl (C=O) groups is 1. The molecule has 6 nitrogen and oxygen atoms in total. The molecule has 2 rings (SSSR count). The van der Waals surface area contributed by atoms with Crippen molar-refractivity contribution >= 4 is 15.9 Å². The third-order valence-corrected chi connectivity index (χ3v) is 4.81. The first-order chi connectivity index (χ1) is 10.4. The minimum Gasteiger partial charge on any atom is -0.376 e. The van der Waals surface area contributed by atoms with Crippen molar-refractivity contribution in [3.63, 3.8) is 0 Å². The number of hydrogen-bond donors (Lipinski definition) is 2. The smallest absolute Gasteiger partial charge is 0.315 e. The molecule has 1 saturated heterocycles. The third kappa shape index (κ3) is 4.71. The van der Waals surface area contributed by atoms with Gasteiger partial charge >= 0.3 is 6.03 Å². The molecule has 0 radical (unpaired) electrons. The molecule has 0 spiro atoms. The maximum atomic E-state index is 11.8. The second kappa shape index (κ2) is 7.11. The Morgan fingerprint density at radius 3 is 2.59 bits per heavy atom. The molecule has 1 heterocycles. The second-order valence-corrected chi connectivity index (χ2v) is 7.60. The summed E-state index contributed by atoms with van der Waals surface area (Å²) in [5, 5.41) is 5.61. The van der Waals surface area contributed by atoms with Crippen molar-refractivity contribution in [2.75, 3.05) is 12.9 Å². The van der Waals surface area contributed by atoms with E-state index in [1.807, 2.05) is 6.92 Å². The minimum atomic E-state index is -3.19. The Bertz CT molecular complexity index is 607. The Balaban J connectivity index is 1.80. The summed E-state index contributed by atoms with van der Waals surface area (Å²) in [6, 6.07) is 6.18. The standard InChI is InChI=1S/C15H22N2O4S/c1-11(14-4-3-9-21-14)17-15(18)16-10-12-5-7-13(8-6-12)22(2,19)20/h5-8,11,14H,3-4,9-10H2,1-2H3,(H2,16,17,18)/t11-,14-/m1/s1. The first kappa shape index (κ1) is 16.8. The molecular formula is C15H22N2O4S. The van der Waals surface area contributed by atoms with Crippen molar-refractivity contribution in [3.05, 3.63) is 29.8 Å². The summed E-state index contributed by atoms with van der Waals surface area (Å²) in [7, 11) is -3.19. The lowest BCUT2D eigenvalue weighted by Gasteiger charge is -2.20. The normalized spacial score (nSPS) is 19.6. The van der Waals surface area contributed by atoms with Gasteiger partial charge < -0.3 is 15.4 Å². The highest BCUT2D eigenvalue weighted by molar-refractivity contribution is 7.90. The average molecular weight is 326 g/mol. The summed E-state index contributed by atoms with van der Waals surface area (Å²) in [6.45, 7) is 3.02. The monoisotopic (exact) mass is 326 g/mol. The number of sulfone groups is 1. The van der Waals surface area contributed by atoms with E-state index in [0.29, 0.717) is 6.54 Å². The number of hydrogen-bond acceptors (Lipinski definition) is 4. The first-order valence-corrected chi connectivity index (χ1v) is 9.20. The predicted octanol–water partition coefficient (Wildman–Crippen LogP) is 1.46. The van der Waals surface area contributed by atoms with E-state index in [1.54, 1.807) is 24.3 Å². The molecule has 2 N–H and O–H groups in total. The summed E-state index contributed by atoms with van der Waals surface area (Å²) in [5.41, 5.74) is 0.840. The molecule has 0 bridgehead atoms. The lowest BCUT2D eigenvalue weighted by molar-refractivity contribution is 0.0860. The predicted molar refractivity (Wildman–Crippen MR) is 83.4 cm³/mol. The fraction of sp³-hybridized carbons (Fsp3) is 0.533. The van der Waals surface area contributed by atoms with Crippen molar-refractivity contribution in [3.8, 4) is 0 Å². The fourth-order valence-corrected chi connectivity index (χ4v) is 3.01. The zero-order valence-electron chi connectivity index (χ0n) is 12.8. The lowest BCUT2D eigenvalue weighted by Crippen LogP contribution is -2.45. The van der Waals surface area contributed by atoms with Crippen LogP contribution in [0.4, 0.5) is 4.79 Å². The number of ether oxygens (including phenoxy) is 1. The van der Waals surface area contributed by atoms with E-state index in [-0.39, 0.29) is 23.1 Å². The molecule has 2 amide bonds. The number of rotatable bonds is 5. The molecule has 1 aromatic rings. The number of urea groups is 1. The van der Waals surface area contributed by atoms with Gasteiger partial charge in [0, 0.05) is 19.4 Å². The SMILES string of the molecule is C[C@@H](NC(=O)NCc1ccc(S(C)(=O)=O)cc1)[C@H]1CCCO1. The number of carbonyl (C=O) groups excluding carboxylic acids is 1. The van der Waals surface area contributed by atoms with Gasteiger partial charge in [0.2, 0.25) is 0 Å². The van der Waals surface area contributed by atoms with Crippen LogP contribution in [-0.2, 0) is 21.1 Å². The van der Waals surface area contributed by atoms with E-state index in [2.05, 4.69) is 10.6 Å². The van der Waals surface area contributed by atoms with Crippen LogP contribution in [0, 0.1) is 0 Å². The first-order valence-electron chi connectivity index (χ1n) is 7.31. The van der Waals surface area contributed by atoms with Gasteiger partial charge in [-0.1, -0.05) is 12.1 Å². The Labute approximate surface area is 131 Å². The Hall–Kier alpha value is -1.60. The molecule has 1 aromatic carbocycles. The van der Waals surface area contributed by atoms with Crippen LogP contribution < -0.4 is 10.6 Å². The van der Waals surface area contributed by atoms with Crippen LogP contribution in [0.5, 0.6) is 0 Å². The molecule has 122 valence electrons. The van der Waals surface area contributed by atoms with Crippen molar-refractivity contribution in [2.45, 2.75) is 43.4 Å². The van der Waals surface area contributed by atoms with Crippen LogP contribution >= 0.6 is 0 Å². The van der Waals surface area contributed by atoms with Gasteiger partial charge in [0.15, 0.2) is 9.84 Å². The topological polar surface area (TPSA) is 84.5 Å². The molecule has 22 heavy (non-hydrogen) atoms. The van der Waals surface area contributed by atoms with Crippen LogP contribution in [0.3, 0.4) is 0 Å². The van der Waals surface area contributed by atoms with E-state index in [9.17, 15) is 13.2 Å². The van der Waals surface area contributed by atoms with E-state index in [1.165, 1.54) is 6.26 Å². The quantitative estimate of drug-likeness (QED) is 0.858. The number of benzene rings is 1. The fourth-order valence-electron chi connectivity index (χ4n) is 2.38. The zero-order valence-corrected chi connectivity index (χ0v) is 13.7. The summed E-state index contributed by atoms with van der Waals surface area (Å²) in [5.74, 6) is 0. The van der Waals surface area contributed by atoms with Crippen LogP contribution in [0.15, 0.2) is 29.2 Å². The maximum absolute atomic E-state index is 11.8. The lowest BCUT2D eigenvalue weighted by atomic mass is 10.1. The van der Waals surface area contributed by atoms with Gasteiger partial charge in [-0.05, 0) is 37.5 Å². The number of amides is 2. The summed E-state index contributed by atoms with van der Waals surface area (Å²) in [6.07, 6.45) is 3.25. The van der Waals surface area contributed by atoms with Gasteiger partial charge in [0.1, 0.15) is 0 Å². The van der Waals surface area contributed by atoms with Crippen molar-refractivity contribution in [1.82, 2.24) is 10.6 Å². The molecule has 2 atom stereocenters. The molecule has 0 aromatic heterocycles. The highest BCUT2D eigenvalue weighted by Crippen LogP contribution is 2.15. The van der Waals surface area contributed by atoms with Crippen LogP contribution in [0.25, 0.3) is 0 Å². The van der Waals surface area contributed by atoms with Crippen molar-refractivity contribution in [1.29, 1.82) is 0 Å². The molecule has 7 heteroatoms. The van der Waals surface area contributed by atoms with Gasteiger partial charge in [-0.2, -0.15) is 0 Å². The van der Waals surface area contributed by atoms with Gasteiger partial charge in [0.25, 0.3) is 0 Å². The van der Waals surface area contributed by atoms with Gasteiger partial charge in [-0.25, -0.2) is 13.2 Å². The van der Waals surface area contributed by atoms with Crippen LogP contribution in [0.2, 0.25) is 0 Å². The third-order valence-electron chi connectivity index (χ3n) is 3.69. The van der Waals surface area contributed by atoms with E-state index in [0.717, 1.165) is 25.0 Å². The summed E-state index contributed by atoms with van der Waals surface area (Å²) < 4.78 is 28.3. The molecule has 1 fully saturated rings. The summed E-state index contributed by atoms with van der Waals surface area (Å²) in [4.78, 5) is 12.1. The van der Waals surface area contributed by atoms with Crippen molar-refractivity contribution < 1.29 is 17.9 Å². The Morgan fingerprint density at radius 1 is 1.36 bits per heavy atom. The highest BCUT2D eigenvalue weighted by atomic mass is 32.2. The maximum Gasteiger partial charge on any atom is 0.315 e.